The van der Waals surface area contributed by atoms with Crippen LogP contribution in [0.25, 0.3) is 0 Å². The summed E-state index contributed by atoms with van der Waals surface area (Å²) in [5.74, 6) is -0.248. The van der Waals surface area contributed by atoms with Gasteiger partial charge in [0.25, 0.3) is 10.0 Å². The highest BCUT2D eigenvalue weighted by Crippen LogP contribution is 2.40. The lowest BCUT2D eigenvalue weighted by atomic mass is 9.99. The Bertz CT molecular complexity index is 1410. The van der Waals surface area contributed by atoms with Gasteiger partial charge in [-0.2, -0.15) is 0 Å². The third-order valence-electron chi connectivity index (χ3n) is 7.07. The first-order chi connectivity index (χ1) is 18.0. The van der Waals surface area contributed by atoms with Crippen molar-refractivity contribution in [3.63, 3.8) is 0 Å². The smallest absolute Gasteiger partial charge is 0.269 e. The standard InChI is InChI=1S/C26H28BrClN4O5S/c1-29(2)21-14-31(38(35,36)23-13-18(28)8-11-22(23)37-3)24-15-30(19-9-10-19)25(33)20(32(24)26(21)34)12-16-4-6-17(27)7-5-16/h4-8,11,13,15,19-21H,9-10,12,14H2,1-3H3. The summed E-state index contributed by atoms with van der Waals surface area (Å²) < 4.78 is 35.9. The number of likely N-dealkylation sites (N-methyl/N-ethyl adjacent to an activating group) is 1. The van der Waals surface area contributed by atoms with Gasteiger partial charge in [0.1, 0.15) is 28.5 Å². The Morgan fingerprint density at radius 1 is 1.08 bits per heavy atom. The van der Waals surface area contributed by atoms with Crippen LogP contribution in [-0.4, -0.2) is 85.1 Å². The van der Waals surface area contributed by atoms with E-state index >= 15 is 0 Å². The second-order valence-corrected chi connectivity index (χ2v) is 13.0. The van der Waals surface area contributed by atoms with Crippen molar-refractivity contribution in [1.29, 1.82) is 0 Å². The molecule has 2 aromatic rings. The van der Waals surface area contributed by atoms with Crippen LogP contribution in [0.15, 0.2) is 63.9 Å². The van der Waals surface area contributed by atoms with Crippen LogP contribution in [0, 0.1) is 0 Å². The lowest BCUT2D eigenvalue weighted by Crippen LogP contribution is -2.66. The van der Waals surface area contributed by atoms with Gasteiger partial charge in [-0.1, -0.05) is 39.7 Å². The summed E-state index contributed by atoms with van der Waals surface area (Å²) in [5, 5.41) is 0.235. The molecule has 0 aromatic heterocycles. The normalized spacial score (nSPS) is 22.1. The molecule has 0 N–H and O–H groups in total. The quantitative estimate of drug-likeness (QED) is 0.470. The van der Waals surface area contributed by atoms with Gasteiger partial charge >= 0.3 is 0 Å². The van der Waals surface area contributed by atoms with Crippen LogP contribution < -0.4 is 4.74 Å². The molecule has 1 saturated carbocycles. The molecule has 0 bridgehead atoms. The molecule has 12 heteroatoms. The molecule has 2 unspecified atom stereocenters. The van der Waals surface area contributed by atoms with Crippen LogP contribution in [0.5, 0.6) is 5.75 Å². The number of benzene rings is 2. The van der Waals surface area contributed by atoms with Crippen LogP contribution in [0.1, 0.15) is 18.4 Å². The number of amides is 2. The van der Waals surface area contributed by atoms with E-state index in [1.165, 1.54) is 34.6 Å². The van der Waals surface area contributed by atoms with Gasteiger partial charge in [-0.25, -0.2) is 12.7 Å². The van der Waals surface area contributed by atoms with Crippen molar-refractivity contribution in [2.24, 2.45) is 0 Å². The maximum atomic E-state index is 14.2. The third-order valence-corrected chi connectivity index (χ3v) is 9.62. The predicted molar refractivity (Wildman–Crippen MR) is 146 cm³/mol. The number of hydrogen-bond donors (Lipinski definition) is 0. The molecule has 2 atom stereocenters. The Morgan fingerprint density at radius 3 is 2.37 bits per heavy atom. The second-order valence-electron chi connectivity index (χ2n) is 9.83. The van der Waals surface area contributed by atoms with E-state index in [9.17, 15) is 18.0 Å². The highest BCUT2D eigenvalue weighted by Gasteiger charge is 2.52. The molecule has 2 amide bonds. The van der Waals surface area contributed by atoms with E-state index < -0.39 is 22.1 Å². The molecule has 5 rings (SSSR count). The number of hydrogen-bond acceptors (Lipinski definition) is 6. The number of fused-ring (bicyclic) bond motifs is 1. The molecule has 1 aliphatic carbocycles. The molecule has 2 fully saturated rings. The molecule has 2 aromatic carbocycles. The molecular weight excluding hydrogens is 596 g/mol. The van der Waals surface area contributed by atoms with E-state index in [4.69, 9.17) is 16.3 Å². The van der Waals surface area contributed by atoms with Crippen LogP contribution in [-0.2, 0) is 26.0 Å². The molecule has 202 valence electrons. The van der Waals surface area contributed by atoms with E-state index in [2.05, 4.69) is 15.9 Å². The second kappa shape index (κ2) is 10.2. The molecule has 38 heavy (non-hydrogen) atoms. The molecular formula is C26H28BrClN4O5S. The predicted octanol–water partition coefficient (Wildman–Crippen LogP) is 3.29. The zero-order valence-corrected chi connectivity index (χ0v) is 24.3. The van der Waals surface area contributed by atoms with Gasteiger partial charge in [0.15, 0.2) is 0 Å². The van der Waals surface area contributed by atoms with Gasteiger partial charge in [-0.3, -0.25) is 19.4 Å². The minimum Gasteiger partial charge on any atom is -0.495 e. The Balaban J connectivity index is 1.66. The fourth-order valence-corrected chi connectivity index (χ4v) is 7.01. The minimum absolute atomic E-state index is 0.0171. The van der Waals surface area contributed by atoms with E-state index in [0.29, 0.717) is 0 Å². The van der Waals surface area contributed by atoms with Crippen molar-refractivity contribution in [2.75, 3.05) is 27.7 Å². The number of rotatable bonds is 7. The van der Waals surface area contributed by atoms with E-state index in [0.717, 1.165) is 22.9 Å². The molecule has 1 saturated heterocycles. The average Bonchev–Trinajstić information content (AvgIpc) is 3.72. The highest BCUT2D eigenvalue weighted by molar-refractivity contribution is 9.10. The van der Waals surface area contributed by atoms with Crippen LogP contribution in [0.4, 0.5) is 0 Å². The van der Waals surface area contributed by atoms with E-state index in [-0.39, 0.29) is 52.3 Å². The zero-order chi connectivity index (χ0) is 27.4. The lowest BCUT2D eigenvalue weighted by Gasteiger charge is -2.49. The fraction of sp³-hybridized carbons (Fsp3) is 0.385. The van der Waals surface area contributed by atoms with Crippen molar-refractivity contribution < 1.29 is 22.7 Å². The Labute approximate surface area is 235 Å². The molecule has 2 aliphatic heterocycles. The van der Waals surface area contributed by atoms with Crippen molar-refractivity contribution in [3.05, 3.63) is 69.5 Å². The van der Waals surface area contributed by atoms with Crippen LogP contribution in [0.3, 0.4) is 0 Å². The van der Waals surface area contributed by atoms with Gasteiger partial charge < -0.3 is 9.64 Å². The van der Waals surface area contributed by atoms with Crippen molar-refractivity contribution in [2.45, 2.75) is 42.3 Å². The number of methoxy groups -OCH3 is 1. The maximum absolute atomic E-state index is 14.2. The summed E-state index contributed by atoms with van der Waals surface area (Å²) in [6, 6.07) is 10.2. The first-order valence-corrected chi connectivity index (χ1v) is 14.8. The van der Waals surface area contributed by atoms with Gasteiger partial charge in [-0.05, 0) is 62.8 Å². The number of ether oxygens (including phenoxy) is 1. The average molecular weight is 624 g/mol. The van der Waals surface area contributed by atoms with Gasteiger partial charge in [0.05, 0.1) is 13.7 Å². The number of nitrogens with zero attached hydrogens (tertiary/aromatic N) is 4. The minimum atomic E-state index is -4.24. The van der Waals surface area contributed by atoms with Gasteiger partial charge in [-0.15, -0.1) is 0 Å². The summed E-state index contributed by atoms with van der Waals surface area (Å²) in [7, 11) is 0.575. The number of carbonyl (C=O) groups excluding carboxylic acids is 2. The van der Waals surface area contributed by atoms with Crippen molar-refractivity contribution >= 4 is 49.4 Å². The first kappa shape index (κ1) is 27.0. The Kier molecular flexibility index (Phi) is 7.23. The van der Waals surface area contributed by atoms with E-state index in [1.54, 1.807) is 30.0 Å². The molecule has 9 nitrogen and oxygen atoms in total. The van der Waals surface area contributed by atoms with Gasteiger partial charge in [0.2, 0.25) is 11.8 Å². The summed E-state index contributed by atoms with van der Waals surface area (Å²) in [5.41, 5.74) is 0.856. The topological polar surface area (TPSA) is 90.5 Å². The summed E-state index contributed by atoms with van der Waals surface area (Å²) in [4.78, 5) is 32.2. The molecule has 0 spiro atoms. The maximum Gasteiger partial charge on any atom is 0.269 e. The summed E-state index contributed by atoms with van der Waals surface area (Å²) in [6.45, 7) is -0.121. The molecule has 2 heterocycles. The van der Waals surface area contributed by atoms with Gasteiger partial charge in [0, 0.05) is 28.2 Å². The first-order valence-electron chi connectivity index (χ1n) is 12.2. The fourth-order valence-electron chi connectivity index (χ4n) is 4.87. The monoisotopic (exact) mass is 622 g/mol. The lowest BCUT2D eigenvalue weighted by molar-refractivity contribution is -0.151. The molecule has 3 aliphatic rings. The SMILES string of the molecule is COc1ccc(Cl)cc1S(=O)(=O)N1CC(N(C)C)C(=O)N2C1=CN(C1CC1)C(=O)C2Cc1ccc(Br)cc1. The van der Waals surface area contributed by atoms with Crippen molar-refractivity contribution in [1.82, 2.24) is 19.0 Å². The summed E-state index contributed by atoms with van der Waals surface area (Å²) in [6.07, 6.45) is 3.41. The van der Waals surface area contributed by atoms with Crippen molar-refractivity contribution in [3.8, 4) is 5.75 Å². The van der Waals surface area contributed by atoms with Crippen LogP contribution >= 0.6 is 27.5 Å². The number of sulfonamides is 1. The highest BCUT2D eigenvalue weighted by atomic mass is 79.9. The molecule has 0 radical (unpaired) electrons. The summed E-state index contributed by atoms with van der Waals surface area (Å²) >= 11 is 9.62. The largest absolute Gasteiger partial charge is 0.495 e. The Hall–Kier alpha value is -2.60. The van der Waals surface area contributed by atoms with Crippen LogP contribution in [0.2, 0.25) is 5.02 Å². The van der Waals surface area contributed by atoms with E-state index in [1.807, 2.05) is 24.3 Å². The number of carbonyl (C=O) groups is 2. The number of halogens is 2. The third kappa shape index (κ3) is 4.81. The zero-order valence-electron chi connectivity index (χ0n) is 21.2. The Morgan fingerprint density at radius 2 is 1.76 bits per heavy atom.